The van der Waals surface area contributed by atoms with E-state index < -0.39 is 18.3 Å². The van der Waals surface area contributed by atoms with Gasteiger partial charge in [-0.15, -0.1) is 0 Å². The van der Waals surface area contributed by atoms with Gasteiger partial charge in [-0.05, 0) is 30.2 Å². The fraction of sp³-hybridized carbons (Fsp3) is 0.318. The summed E-state index contributed by atoms with van der Waals surface area (Å²) >= 11 is 4.20. The van der Waals surface area contributed by atoms with Crippen molar-refractivity contribution in [1.82, 2.24) is 0 Å². The summed E-state index contributed by atoms with van der Waals surface area (Å²) in [6.07, 6.45) is 1.02. The largest absolute Gasteiger partial charge is 0.389 e. The summed E-state index contributed by atoms with van der Waals surface area (Å²) in [7, 11) is 0. The van der Waals surface area contributed by atoms with Gasteiger partial charge in [0.2, 0.25) is 0 Å². The molecule has 4 nitrogen and oxygen atoms in total. The number of rotatable bonds is 11. The van der Waals surface area contributed by atoms with Crippen LogP contribution in [0.3, 0.4) is 0 Å². The van der Waals surface area contributed by atoms with E-state index in [0.29, 0.717) is 13.2 Å². The molecule has 27 heavy (non-hydrogen) atoms. The summed E-state index contributed by atoms with van der Waals surface area (Å²) in [5, 5.41) is 10.4. The molecule has 0 aromatic heterocycles. The first-order valence-electron chi connectivity index (χ1n) is 8.89. The van der Waals surface area contributed by atoms with Crippen molar-refractivity contribution in [3.63, 3.8) is 0 Å². The van der Waals surface area contributed by atoms with Crippen LogP contribution in [0.25, 0.3) is 0 Å². The highest BCUT2D eigenvalue weighted by Crippen LogP contribution is 2.17. The van der Waals surface area contributed by atoms with E-state index in [1.54, 1.807) is 6.08 Å². The molecule has 0 bridgehead atoms. The Labute approximate surface area is 166 Å². The summed E-state index contributed by atoms with van der Waals surface area (Å²) < 4.78 is 12.0. The first-order valence-corrected chi connectivity index (χ1v) is 9.52. The second-order valence-electron chi connectivity index (χ2n) is 6.24. The van der Waals surface area contributed by atoms with Crippen LogP contribution in [-0.2, 0) is 27.5 Å². The first kappa shape index (κ1) is 21.4. The second-order valence-corrected chi connectivity index (χ2v) is 6.61. The van der Waals surface area contributed by atoms with Crippen LogP contribution < -0.4 is 0 Å². The molecule has 0 aliphatic heterocycles. The van der Waals surface area contributed by atoms with E-state index >= 15 is 0 Å². The topological polar surface area (TPSA) is 55.8 Å². The summed E-state index contributed by atoms with van der Waals surface area (Å²) in [5.74, 6) is 0.129. The quantitative estimate of drug-likeness (QED) is 0.458. The van der Waals surface area contributed by atoms with E-state index in [4.69, 9.17) is 9.47 Å². The van der Waals surface area contributed by atoms with E-state index in [1.807, 2.05) is 60.7 Å². The second kappa shape index (κ2) is 11.7. The van der Waals surface area contributed by atoms with E-state index in [2.05, 4.69) is 12.6 Å². The molecule has 0 fully saturated rings. The van der Waals surface area contributed by atoms with Gasteiger partial charge in [0.1, 0.15) is 12.2 Å². The minimum atomic E-state index is -0.838. The van der Waals surface area contributed by atoms with Crippen molar-refractivity contribution >= 4 is 18.4 Å². The van der Waals surface area contributed by atoms with E-state index in [-0.39, 0.29) is 11.5 Å². The molecular formula is C22H26O4S. The maximum atomic E-state index is 11.4. The van der Waals surface area contributed by atoms with Crippen molar-refractivity contribution in [2.24, 2.45) is 0 Å². The van der Waals surface area contributed by atoms with Crippen molar-refractivity contribution in [2.75, 3.05) is 5.75 Å². The van der Waals surface area contributed by atoms with Crippen LogP contribution in [0.5, 0.6) is 0 Å². The molecule has 2 rings (SSSR count). The molecule has 1 N–H and O–H groups in total. The average molecular weight is 387 g/mol. The van der Waals surface area contributed by atoms with Gasteiger partial charge in [-0.1, -0.05) is 60.7 Å². The normalized spacial score (nSPS) is 14.8. The van der Waals surface area contributed by atoms with Crippen molar-refractivity contribution in [3.8, 4) is 0 Å². The smallest absolute Gasteiger partial charge is 0.152 e. The monoisotopic (exact) mass is 386 g/mol. The number of hydrogen-bond donors (Lipinski definition) is 2. The summed E-state index contributed by atoms with van der Waals surface area (Å²) in [6.45, 7) is 2.15. The molecule has 5 heteroatoms. The van der Waals surface area contributed by atoms with Crippen LogP contribution in [0.15, 0.2) is 72.8 Å². The number of thiol groups is 1. The standard InChI is InChI=1S/C22H26O4S/c1-17(23)12-13-21(25-14-18-8-4-2-5-9-18)22(20(24)16-27)26-15-19-10-6-3-7-11-19/h2-13,20-22,24,27H,14-16H2,1H3/b13-12+/t20-,21-,22+/m0/s1. The number of allylic oxidation sites excluding steroid dienone is 1. The van der Waals surface area contributed by atoms with Crippen molar-refractivity contribution in [3.05, 3.63) is 83.9 Å². The lowest BCUT2D eigenvalue weighted by molar-refractivity contribution is -0.114. The Balaban J connectivity index is 2.13. The minimum Gasteiger partial charge on any atom is -0.389 e. The average Bonchev–Trinajstić information content (AvgIpc) is 2.70. The van der Waals surface area contributed by atoms with Crippen LogP contribution >= 0.6 is 12.6 Å². The molecule has 0 aliphatic rings. The van der Waals surface area contributed by atoms with Gasteiger partial charge in [-0.3, -0.25) is 4.79 Å². The molecule has 0 unspecified atom stereocenters. The van der Waals surface area contributed by atoms with Gasteiger partial charge in [-0.25, -0.2) is 0 Å². The molecule has 0 spiro atoms. The molecule has 0 saturated carbocycles. The third-order valence-electron chi connectivity index (χ3n) is 3.98. The predicted molar refractivity (Wildman–Crippen MR) is 110 cm³/mol. The summed E-state index contributed by atoms with van der Waals surface area (Å²) in [6, 6.07) is 19.4. The Kier molecular flexibility index (Phi) is 9.28. The number of benzene rings is 2. The Morgan fingerprint density at radius 1 is 1.00 bits per heavy atom. The van der Waals surface area contributed by atoms with E-state index in [0.717, 1.165) is 11.1 Å². The Bertz CT molecular complexity index is 703. The zero-order valence-corrected chi connectivity index (χ0v) is 16.3. The maximum Gasteiger partial charge on any atom is 0.152 e. The van der Waals surface area contributed by atoms with Crippen molar-refractivity contribution in [1.29, 1.82) is 0 Å². The molecule has 3 atom stereocenters. The molecule has 2 aromatic rings. The number of aliphatic hydroxyl groups excluding tert-OH is 1. The number of carbonyl (C=O) groups is 1. The molecule has 0 radical (unpaired) electrons. The molecule has 0 heterocycles. The minimum absolute atomic E-state index is 0.0921. The van der Waals surface area contributed by atoms with Gasteiger partial charge in [0.15, 0.2) is 5.78 Å². The summed E-state index contributed by atoms with van der Waals surface area (Å²) in [4.78, 5) is 11.4. The maximum absolute atomic E-state index is 11.4. The van der Waals surface area contributed by atoms with E-state index in [1.165, 1.54) is 13.0 Å². The molecule has 144 valence electrons. The Morgan fingerprint density at radius 3 is 2.00 bits per heavy atom. The molecule has 2 aromatic carbocycles. The van der Waals surface area contributed by atoms with Crippen LogP contribution in [0, 0.1) is 0 Å². The number of ketones is 1. The van der Waals surface area contributed by atoms with Gasteiger partial charge < -0.3 is 14.6 Å². The first-order chi connectivity index (χ1) is 13.1. The van der Waals surface area contributed by atoms with Crippen molar-refractivity contribution < 1.29 is 19.4 Å². The highest BCUT2D eigenvalue weighted by Gasteiger charge is 2.28. The zero-order valence-electron chi connectivity index (χ0n) is 15.4. The molecule has 0 amide bonds. The highest BCUT2D eigenvalue weighted by molar-refractivity contribution is 7.80. The Morgan fingerprint density at radius 2 is 1.52 bits per heavy atom. The van der Waals surface area contributed by atoms with Gasteiger partial charge in [0, 0.05) is 5.75 Å². The SMILES string of the molecule is CC(=O)/C=C/[C@H](OCc1ccccc1)[C@H](OCc1ccccc1)[C@@H](O)CS. The van der Waals surface area contributed by atoms with Crippen LogP contribution in [0.1, 0.15) is 18.1 Å². The zero-order chi connectivity index (χ0) is 19.5. The fourth-order valence-electron chi connectivity index (χ4n) is 2.55. The molecular weight excluding hydrogens is 360 g/mol. The van der Waals surface area contributed by atoms with Gasteiger partial charge in [0.05, 0.1) is 19.3 Å². The highest BCUT2D eigenvalue weighted by atomic mass is 32.1. The molecule has 0 aliphatic carbocycles. The lowest BCUT2D eigenvalue weighted by Gasteiger charge is -2.29. The fourth-order valence-corrected chi connectivity index (χ4v) is 2.76. The number of carbonyl (C=O) groups excluding carboxylic acids is 1. The van der Waals surface area contributed by atoms with Gasteiger partial charge >= 0.3 is 0 Å². The summed E-state index contributed by atoms with van der Waals surface area (Å²) in [5.41, 5.74) is 1.99. The molecule has 0 saturated heterocycles. The number of ether oxygens (including phenoxy) is 2. The van der Waals surface area contributed by atoms with Crippen LogP contribution in [0.4, 0.5) is 0 Å². The Hall–Kier alpha value is -1.92. The lowest BCUT2D eigenvalue weighted by Crippen LogP contribution is -2.41. The van der Waals surface area contributed by atoms with E-state index in [9.17, 15) is 9.90 Å². The van der Waals surface area contributed by atoms with Crippen LogP contribution in [0.2, 0.25) is 0 Å². The van der Waals surface area contributed by atoms with Gasteiger partial charge in [-0.2, -0.15) is 12.6 Å². The van der Waals surface area contributed by atoms with Crippen LogP contribution in [-0.4, -0.2) is 35.0 Å². The number of aliphatic hydroxyl groups is 1. The lowest BCUT2D eigenvalue weighted by atomic mass is 10.1. The third-order valence-corrected chi connectivity index (χ3v) is 4.36. The van der Waals surface area contributed by atoms with Crippen molar-refractivity contribution in [2.45, 2.75) is 38.4 Å². The third kappa shape index (κ3) is 7.69. The number of hydrogen-bond acceptors (Lipinski definition) is 5. The van der Waals surface area contributed by atoms with Gasteiger partial charge in [0.25, 0.3) is 0 Å². The predicted octanol–water partition coefficient (Wildman–Crippen LogP) is 3.59.